The van der Waals surface area contributed by atoms with Crippen LogP contribution in [0.3, 0.4) is 0 Å². The third-order valence-electron chi connectivity index (χ3n) is 4.88. The Bertz CT molecular complexity index is 494. The van der Waals surface area contributed by atoms with Crippen LogP contribution in [0.4, 0.5) is 0 Å². The molecule has 1 aliphatic carbocycles. The van der Waals surface area contributed by atoms with Gasteiger partial charge in [-0.3, -0.25) is 0 Å². The van der Waals surface area contributed by atoms with Crippen molar-refractivity contribution in [2.24, 2.45) is 5.73 Å². The molecule has 1 heterocycles. The molecule has 0 radical (unpaired) electrons. The lowest BCUT2D eigenvalue weighted by Gasteiger charge is -2.36. The van der Waals surface area contributed by atoms with E-state index in [1.54, 1.807) is 7.11 Å². The first-order valence-corrected chi connectivity index (χ1v) is 9.59. The van der Waals surface area contributed by atoms with Gasteiger partial charge >= 0.3 is 0 Å². The minimum absolute atomic E-state index is 0.260. The number of para-hydroxylation sites is 1. The Kier molecular flexibility index (Phi) is 5.19. The molecule has 3 rings (SSSR count). The summed E-state index contributed by atoms with van der Waals surface area (Å²) in [6, 6.07) is 6.17. The molecule has 0 amide bonds. The molecular formula is C18H27NO2S. The number of hydrogen-bond donors (Lipinski definition) is 1. The normalized spacial score (nSPS) is 24.7. The summed E-state index contributed by atoms with van der Waals surface area (Å²) in [6.07, 6.45) is 8.40. The van der Waals surface area contributed by atoms with Crippen molar-refractivity contribution in [1.29, 1.82) is 0 Å². The van der Waals surface area contributed by atoms with Gasteiger partial charge in [0.1, 0.15) is 6.10 Å². The molecular weight excluding hydrogens is 294 g/mol. The summed E-state index contributed by atoms with van der Waals surface area (Å²) >= 11 is 1.98. The Balaban J connectivity index is 1.91. The van der Waals surface area contributed by atoms with Gasteiger partial charge in [-0.05, 0) is 37.5 Å². The van der Waals surface area contributed by atoms with E-state index >= 15 is 0 Å². The lowest BCUT2D eigenvalue weighted by atomic mass is 9.77. The van der Waals surface area contributed by atoms with E-state index in [4.69, 9.17) is 15.2 Å². The molecule has 1 aliphatic heterocycles. The largest absolute Gasteiger partial charge is 0.493 e. The smallest absolute Gasteiger partial charge is 0.166 e. The highest BCUT2D eigenvalue weighted by Gasteiger charge is 2.34. The second-order valence-electron chi connectivity index (χ2n) is 6.51. The van der Waals surface area contributed by atoms with Gasteiger partial charge in [-0.1, -0.05) is 31.4 Å². The third-order valence-corrected chi connectivity index (χ3v) is 6.07. The third kappa shape index (κ3) is 3.38. The molecule has 4 heteroatoms. The van der Waals surface area contributed by atoms with E-state index in [2.05, 4.69) is 6.07 Å². The van der Waals surface area contributed by atoms with Crippen molar-refractivity contribution in [3.05, 3.63) is 23.8 Å². The maximum atomic E-state index is 6.77. The summed E-state index contributed by atoms with van der Waals surface area (Å²) in [5.41, 5.74) is 7.65. The molecule has 1 saturated heterocycles. The van der Waals surface area contributed by atoms with E-state index < -0.39 is 0 Å². The van der Waals surface area contributed by atoms with Crippen molar-refractivity contribution in [3.8, 4) is 11.5 Å². The summed E-state index contributed by atoms with van der Waals surface area (Å²) in [7, 11) is 1.71. The Morgan fingerprint density at radius 3 is 2.68 bits per heavy atom. The molecule has 2 fully saturated rings. The monoisotopic (exact) mass is 321 g/mol. The molecule has 2 aliphatic rings. The molecule has 0 aromatic heterocycles. The molecule has 0 bridgehead atoms. The highest BCUT2D eigenvalue weighted by atomic mass is 32.2. The summed E-state index contributed by atoms with van der Waals surface area (Å²) in [5, 5.41) is 0. The minimum Gasteiger partial charge on any atom is -0.493 e. The van der Waals surface area contributed by atoms with Crippen LogP contribution in [-0.4, -0.2) is 24.7 Å². The summed E-state index contributed by atoms with van der Waals surface area (Å²) in [5.74, 6) is 4.03. The molecule has 1 unspecified atom stereocenters. The van der Waals surface area contributed by atoms with Crippen LogP contribution in [0.15, 0.2) is 18.2 Å². The van der Waals surface area contributed by atoms with Crippen LogP contribution in [0.1, 0.15) is 50.5 Å². The van der Waals surface area contributed by atoms with Crippen LogP contribution in [0.2, 0.25) is 0 Å². The standard InChI is InChI=1S/C18H27NO2S/c1-20-16-9-5-8-15(18(19)10-3-2-4-11-18)17(16)21-14-7-6-12-22-13-14/h5,8-9,14H,2-4,6-7,10-13,19H2,1H3. The van der Waals surface area contributed by atoms with Crippen molar-refractivity contribution in [3.63, 3.8) is 0 Å². The fourth-order valence-electron chi connectivity index (χ4n) is 3.61. The zero-order valence-electron chi connectivity index (χ0n) is 13.5. The minimum atomic E-state index is -0.260. The van der Waals surface area contributed by atoms with Gasteiger partial charge in [0.2, 0.25) is 0 Å². The van der Waals surface area contributed by atoms with E-state index in [-0.39, 0.29) is 11.6 Å². The highest BCUT2D eigenvalue weighted by molar-refractivity contribution is 7.99. The summed E-state index contributed by atoms with van der Waals surface area (Å²) in [6.45, 7) is 0. The van der Waals surface area contributed by atoms with Gasteiger partial charge in [-0.15, -0.1) is 0 Å². The van der Waals surface area contributed by atoms with Crippen LogP contribution in [0.5, 0.6) is 11.5 Å². The molecule has 0 spiro atoms. The maximum Gasteiger partial charge on any atom is 0.166 e. The van der Waals surface area contributed by atoms with Crippen molar-refractivity contribution in [2.45, 2.75) is 56.6 Å². The van der Waals surface area contributed by atoms with Crippen LogP contribution in [0, 0.1) is 0 Å². The number of methoxy groups -OCH3 is 1. The van der Waals surface area contributed by atoms with Crippen molar-refractivity contribution >= 4 is 11.8 Å². The van der Waals surface area contributed by atoms with Crippen molar-refractivity contribution in [2.75, 3.05) is 18.6 Å². The number of nitrogens with two attached hydrogens (primary N) is 1. The van der Waals surface area contributed by atoms with Crippen molar-refractivity contribution in [1.82, 2.24) is 0 Å². The molecule has 22 heavy (non-hydrogen) atoms. The van der Waals surface area contributed by atoms with Gasteiger partial charge in [0.25, 0.3) is 0 Å². The van der Waals surface area contributed by atoms with Gasteiger partial charge < -0.3 is 15.2 Å². The summed E-state index contributed by atoms with van der Waals surface area (Å²) < 4.78 is 12.0. The average molecular weight is 321 g/mol. The van der Waals surface area contributed by atoms with Gasteiger partial charge in [-0.25, -0.2) is 0 Å². The molecule has 3 nitrogen and oxygen atoms in total. The van der Waals surface area contributed by atoms with Crippen LogP contribution < -0.4 is 15.2 Å². The zero-order chi connectivity index (χ0) is 15.4. The molecule has 1 aromatic carbocycles. The van der Waals surface area contributed by atoms with E-state index in [1.165, 1.54) is 31.4 Å². The van der Waals surface area contributed by atoms with Crippen LogP contribution in [-0.2, 0) is 5.54 Å². The zero-order valence-corrected chi connectivity index (χ0v) is 14.3. The predicted molar refractivity (Wildman–Crippen MR) is 92.9 cm³/mol. The average Bonchev–Trinajstić information content (AvgIpc) is 2.56. The lowest BCUT2D eigenvalue weighted by molar-refractivity contribution is 0.191. The van der Waals surface area contributed by atoms with E-state index in [1.807, 2.05) is 23.9 Å². The lowest BCUT2D eigenvalue weighted by Crippen LogP contribution is -2.39. The molecule has 1 aromatic rings. The molecule has 1 atom stereocenters. The van der Waals surface area contributed by atoms with Gasteiger partial charge in [0.05, 0.1) is 7.11 Å². The SMILES string of the molecule is COc1cccc(C2(N)CCCCC2)c1OC1CCCSC1. The Labute approximate surface area is 137 Å². The quantitative estimate of drug-likeness (QED) is 0.907. The van der Waals surface area contributed by atoms with E-state index in [0.717, 1.165) is 42.1 Å². The summed E-state index contributed by atoms with van der Waals surface area (Å²) in [4.78, 5) is 0. The maximum absolute atomic E-state index is 6.77. The first kappa shape index (κ1) is 16.0. The molecule has 2 N–H and O–H groups in total. The number of benzene rings is 1. The second kappa shape index (κ2) is 7.14. The molecule has 122 valence electrons. The first-order valence-electron chi connectivity index (χ1n) is 8.44. The van der Waals surface area contributed by atoms with Gasteiger partial charge in [0, 0.05) is 16.9 Å². The number of rotatable bonds is 4. The highest BCUT2D eigenvalue weighted by Crippen LogP contribution is 2.44. The van der Waals surface area contributed by atoms with Gasteiger partial charge in [-0.2, -0.15) is 11.8 Å². The van der Waals surface area contributed by atoms with Crippen LogP contribution in [0.25, 0.3) is 0 Å². The fraction of sp³-hybridized carbons (Fsp3) is 0.667. The van der Waals surface area contributed by atoms with Crippen LogP contribution >= 0.6 is 11.8 Å². The number of hydrogen-bond acceptors (Lipinski definition) is 4. The van der Waals surface area contributed by atoms with E-state index in [9.17, 15) is 0 Å². The number of ether oxygens (including phenoxy) is 2. The second-order valence-corrected chi connectivity index (χ2v) is 7.66. The molecule has 1 saturated carbocycles. The predicted octanol–water partition coefficient (Wildman–Crippen LogP) is 4.09. The Morgan fingerprint density at radius 1 is 1.18 bits per heavy atom. The Hall–Kier alpha value is -0.870. The fourth-order valence-corrected chi connectivity index (χ4v) is 4.65. The van der Waals surface area contributed by atoms with Crippen molar-refractivity contribution < 1.29 is 9.47 Å². The van der Waals surface area contributed by atoms with Gasteiger partial charge in [0.15, 0.2) is 11.5 Å². The van der Waals surface area contributed by atoms with E-state index in [0.29, 0.717) is 0 Å². The number of thioether (sulfide) groups is 1. The topological polar surface area (TPSA) is 44.5 Å². The Morgan fingerprint density at radius 2 is 2.00 bits per heavy atom. The first-order chi connectivity index (χ1) is 10.7.